The van der Waals surface area contributed by atoms with E-state index < -0.39 is 11.8 Å². The first-order valence-electron chi connectivity index (χ1n) is 9.43. The maximum Gasteiger partial charge on any atom is 0.309 e. The second kappa shape index (κ2) is 10.5. The molecule has 6 nitrogen and oxygen atoms in total. The third kappa shape index (κ3) is 6.22. The van der Waals surface area contributed by atoms with Gasteiger partial charge in [0.25, 0.3) is 0 Å². The molecule has 1 aromatic heterocycles. The van der Waals surface area contributed by atoms with Gasteiger partial charge in [-0.25, -0.2) is 0 Å². The van der Waals surface area contributed by atoms with E-state index in [-0.39, 0.29) is 0 Å². The molecule has 1 aliphatic rings. The van der Waals surface area contributed by atoms with Gasteiger partial charge in [-0.15, -0.1) is 11.3 Å². The predicted molar refractivity (Wildman–Crippen MR) is 114 cm³/mol. The highest BCUT2D eigenvalue weighted by atomic mass is 35.5. The Labute approximate surface area is 174 Å². The molecule has 0 radical (unpaired) electrons. The standard InChI is InChI=1S/C20H25ClN4O2S/c21-16-4-6-17(7-5-16)25-12-10-24(11-13-25)9-2-8-22-19(26)20(27)23-15-18-3-1-14-28-18/h1,3-7,14H,2,8-13,15H2,(H,22,26)(H,23,27). The van der Waals surface area contributed by atoms with Crippen LogP contribution in [0.25, 0.3) is 0 Å². The van der Waals surface area contributed by atoms with Gasteiger partial charge in [0, 0.05) is 48.3 Å². The van der Waals surface area contributed by atoms with Gasteiger partial charge in [0.15, 0.2) is 0 Å². The molecule has 0 spiro atoms. The Morgan fingerprint density at radius 1 is 1.00 bits per heavy atom. The molecule has 1 fully saturated rings. The van der Waals surface area contributed by atoms with Crippen molar-refractivity contribution in [3.8, 4) is 0 Å². The highest BCUT2D eigenvalue weighted by molar-refractivity contribution is 7.09. The number of benzene rings is 1. The lowest BCUT2D eigenvalue weighted by molar-refractivity contribution is -0.139. The molecule has 1 aliphatic heterocycles. The van der Waals surface area contributed by atoms with Crippen molar-refractivity contribution in [3.05, 3.63) is 51.7 Å². The van der Waals surface area contributed by atoms with Crippen LogP contribution < -0.4 is 15.5 Å². The molecule has 0 atom stereocenters. The number of piperazine rings is 1. The van der Waals surface area contributed by atoms with E-state index in [1.807, 2.05) is 29.6 Å². The maximum absolute atomic E-state index is 11.8. The Morgan fingerprint density at radius 2 is 1.71 bits per heavy atom. The molecule has 150 valence electrons. The van der Waals surface area contributed by atoms with Crippen LogP contribution in [0.4, 0.5) is 5.69 Å². The van der Waals surface area contributed by atoms with E-state index >= 15 is 0 Å². The van der Waals surface area contributed by atoms with Crippen molar-refractivity contribution in [1.82, 2.24) is 15.5 Å². The number of hydrogen-bond acceptors (Lipinski definition) is 5. The minimum atomic E-state index is -0.579. The lowest BCUT2D eigenvalue weighted by atomic mass is 10.2. The molecule has 2 amide bonds. The summed E-state index contributed by atoms with van der Waals surface area (Å²) in [5.41, 5.74) is 1.20. The zero-order chi connectivity index (χ0) is 19.8. The Bertz CT molecular complexity index is 759. The first-order valence-corrected chi connectivity index (χ1v) is 10.7. The largest absolute Gasteiger partial charge is 0.369 e. The Hall–Kier alpha value is -2.09. The van der Waals surface area contributed by atoms with Crippen molar-refractivity contribution in [3.63, 3.8) is 0 Å². The lowest BCUT2D eigenvalue weighted by Crippen LogP contribution is -2.47. The van der Waals surface area contributed by atoms with Crippen LogP contribution in [0.2, 0.25) is 5.02 Å². The molecule has 2 aromatic rings. The van der Waals surface area contributed by atoms with Crippen molar-refractivity contribution in [1.29, 1.82) is 0 Å². The summed E-state index contributed by atoms with van der Waals surface area (Å²) in [5.74, 6) is -1.14. The molecular formula is C20H25ClN4O2S. The van der Waals surface area contributed by atoms with Gasteiger partial charge >= 0.3 is 11.8 Å². The third-order valence-electron chi connectivity index (χ3n) is 4.71. The summed E-state index contributed by atoms with van der Waals surface area (Å²) in [6.07, 6.45) is 0.824. The van der Waals surface area contributed by atoms with Crippen LogP contribution in [0.5, 0.6) is 0 Å². The normalized spacial score (nSPS) is 14.7. The number of anilines is 1. The molecular weight excluding hydrogens is 396 g/mol. The zero-order valence-electron chi connectivity index (χ0n) is 15.7. The molecule has 3 rings (SSSR count). The fraction of sp³-hybridized carbons (Fsp3) is 0.400. The van der Waals surface area contributed by atoms with E-state index in [4.69, 9.17) is 11.6 Å². The summed E-state index contributed by atoms with van der Waals surface area (Å²) in [4.78, 5) is 29.4. The van der Waals surface area contributed by atoms with Crippen molar-refractivity contribution in [2.24, 2.45) is 0 Å². The maximum atomic E-state index is 11.8. The van der Waals surface area contributed by atoms with Gasteiger partial charge in [0.1, 0.15) is 0 Å². The molecule has 8 heteroatoms. The highest BCUT2D eigenvalue weighted by Crippen LogP contribution is 2.19. The van der Waals surface area contributed by atoms with E-state index in [0.717, 1.165) is 49.0 Å². The van der Waals surface area contributed by atoms with E-state index in [1.165, 1.54) is 5.69 Å². The summed E-state index contributed by atoms with van der Waals surface area (Å²) < 4.78 is 0. The summed E-state index contributed by atoms with van der Waals surface area (Å²) in [7, 11) is 0. The van der Waals surface area contributed by atoms with Crippen molar-refractivity contribution in [2.75, 3.05) is 44.2 Å². The number of nitrogens with one attached hydrogen (secondary N) is 2. The molecule has 0 saturated carbocycles. The second-order valence-electron chi connectivity index (χ2n) is 6.68. The van der Waals surface area contributed by atoms with Crippen LogP contribution in [0.15, 0.2) is 41.8 Å². The van der Waals surface area contributed by atoms with Crippen LogP contribution in [-0.4, -0.2) is 56.0 Å². The number of nitrogens with zero attached hydrogens (tertiary/aromatic N) is 2. The highest BCUT2D eigenvalue weighted by Gasteiger charge is 2.17. The monoisotopic (exact) mass is 420 g/mol. The zero-order valence-corrected chi connectivity index (χ0v) is 17.3. The molecule has 0 bridgehead atoms. The quantitative estimate of drug-likeness (QED) is 0.533. The third-order valence-corrected chi connectivity index (χ3v) is 5.84. The number of amides is 2. The fourth-order valence-electron chi connectivity index (χ4n) is 3.13. The SMILES string of the molecule is O=C(NCCCN1CCN(c2ccc(Cl)cc2)CC1)C(=O)NCc1cccs1. The number of carbonyl (C=O) groups excluding carboxylic acids is 2. The molecule has 2 heterocycles. The molecule has 28 heavy (non-hydrogen) atoms. The smallest absolute Gasteiger partial charge is 0.309 e. The van der Waals surface area contributed by atoms with E-state index in [9.17, 15) is 9.59 Å². The number of hydrogen-bond donors (Lipinski definition) is 2. The van der Waals surface area contributed by atoms with Gasteiger partial charge < -0.3 is 15.5 Å². The minimum absolute atomic E-state index is 0.391. The molecule has 1 aromatic carbocycles. The van der Waals surface area contributed by atoms with Crippen molar-refractivity contribution < 1.29 is 9.59 Å². The van der Waals surface area contributed by atoms with Crippen molar-refractivity contribution >= 4 is 40.4 Å². The van der Waals surface area contributed by atoms with E-state index in [1.54, 1.807) is 11.3 Å². The minimum Gasteiger partial charge on any atom is -0.369 e. The van der Waals surface area contributed by atoms with Crippen LogP contribution in [0.1, 0.15) is 11.3 Å². The number of thiophene rings is 1. The van der Waals surface area contributed by atoms with Gasteiger partial charge in [-0.2, -0.15) is 0 Å². The topological polar surface area (TPSA) is 64.7 Å². The first kappa shape index (κ1) is 20.6. The number of carbonyl (C=O) groups is 2. The van der Waals surface area contributed by atoms with Gasteiger partial charge in [0.05, 0.1) is 6.54 Å². The summed E-state index contributed by atoms with van der Waals surface area (Å²) in [6, 6.07) is 11.8. The Kier molecular flexibility index (Phi) is 7.71. The van der Waals surface area contributed by atoms with Crippen molar-refractivity contribution in [2.45, 2.75) is 13.0 Å². The van der Waals surface area contributed by atoms with Gasteiger partial charge in [-0.1, -0.05) is 17.7 Å². The molecule has 0 aliphatic carbocycles. The molecule has 0 unspecified atom stereocenters. The van der Waals surface area contributed by atoms with Gasteiger partial charge in [-0.05, 0) is 48.7 Å². The van der Waals surface area contributed by atoms with Gasteiger partial charge in [0.2, 0.25) is 0 Å². The number of rotatable bonds is 7. The van der Waals surface area contributed by atoms with Crippen LogP contribution in [0.3, 0.4) is 0 Å². The first-order chi connectivity index (χ1) is 13.6. The predicted octanol–water partition coefficient (Wildman–Crippen LogP) is 2.35. The Balaban J connectivity index is 1.28. The lowest BCUT2D eigenvalue weighted by Gasteiger charge is -2.36. The fourth-order valence-corrected chi connectivity index (χ4v) is 3.90. The van der Waals surface area contributed by atoms with Crippen LogP contribution in [0, 0.1) is 0 Å². The average molecular weight is 421 g/mol. The van der Waals surface area contributed by atoms with Gasteiger partial charge in [-0.3, -0.25) is 14.5 Å². The van der Waals surface area contributed by atoms with Crippen LogP contribution in [-0.2, 0) is 16.1 Å². The van der Waals surface area contributed by atoms with E-state index in [0.29, 0.717) is 13.1 Å². The van der Waals surface area contributed by atoms with E-state index in [2.05, 4.69) is 32.6 Å². The average Bonchev–Trinajstić information content (AvgIpc) is 3.24. The summed E-state index contributed by atoms with van der Waals surface area (Å²) >= 11 is 7.50. The summed E-state index contributed by atoms with van der Waals surface area (Å²) in [5, 5.41) is 8.02. The van der Waals surface area contributed by atoms with Crippen LogP contribution >= 0.6 is 22.9 Å². The summed E-state index contributed by atoms with van der Waals surface area (Å²) in [6.45, 7) is 5.71. The number of halogens is 1. The Morgan fingerprint density at radius 3 is 2.39 bits per heavy atom. The second-order valence-corrected chi connectivity index (χ2v) is 8.15. The molecule has 2 N–H and O–H groups in total. The molecule has 1 saturated heterocycles.